The zero-order valence-electron chi connectivity index (χ0n) is 20.1. The Hall–Kier alpha value is -3.36. The van der Waals surface area contributed by atoms with Crippen molar-refractivity contribution in [2.75, 3.05) is 26.9 Å². The van der Waals surface area contributed by atoms with E-state index in [0.29, 0.717) is 37.6 Å². The lowest BCUT2D eigenvalue weighted by atomic mass is 9.91. The second-order valence-corrected chi connectivity index (χ2v) is 9.34. The molecule has 0 saturated heterocycles. The van der Waals surface area contributed by atoms with Crippen molar-refractivity contribution in [3.63, 3.8) is 0 Å². The standard InChI is InChI=1S/C28H29BrN2O5/c1-34-23-11-7-20(8-12-23)18-30-27(33)28(17-22-5-2-3-6-25(22)29)19-36-26(31-28)21-9-13-24(14-10-21)35-16-4-15-32/h2-3,5-14,32H,4,15-19H2,1H3,(H,30,33)/t28-/m1/s1. The van der Waals surface area contributed by atoms with Gasteiger partial charge in [-0.05, 0) is 53.6 Å². The predicted molar refractivity (Wildman–Crippen MR) is 142 cm³/mol. The SMILES string of the molecule is COc1ccc(CNC(=O)[C@@]2(Cc3ccccc3Br)COC(c3ccc(OCCCO)cc3)=N2)cc1. The maximum absolute atomic E-state index is 13.6. The summed E-state index contributed by atoms with van der Waals surface area (Å²) in [4.78, 5) is 18.4. The predicted octanol–water partition coefficient (Wildman–Crippen LogP) is 4.29. The number of hydrogen-bond donors (Lipinski definition) is 2. The molecule has 0 aliphatic carbocycles. The Balaban J connectivity index is 1.55. The first-order valence-corrected chi connectivity index (χ1v) is 12.5. The highest BCUT2D eigenvalue weighted by Crippen LogP contribution is 2.30. The van der Waals surface area contributed by atoms with E-state index in [1.165, 1.54) is 0 Å². The molecule has 1 atom stereocenters. The number of halogens is 1. The first kappa shape index (κ1) is 25.7. The molecule has 8 heteroatoms. The average Bonchev–Trinajstić information content (AvgIpc) is 3.35. The summed E-state index contributed by atoms with van der Waals surface area (Å²) in [7, 11) is 1.62. The lowest BCUT2D eigenvalue weighted by molar-refractivity contribution is -0.126. The molecule has 1 heterocycles. The Morgan fingerprint density at radius 3 is 2.50 bits per heavy atom. The highest BCUT2D eigenvalue weighted by Gasteiger charge is 2.44. The highest BCUT2D eigenvalue weighted by atomic mass is 79.9. The van der Waals surface area contributed by atoms with E-state index in [9.17, 15) is 4.79 Å². The zero-order valence-corrected chi connectivity index (χ0v) is 21.7. The van der Waals surface area contributed by atoms with E-state index in [4.69, 9.17) is 24.3 Å². The van der Waals surface area contributed by atoms with Crippen LogP contribution in [0.4, 0.5) is 0 Å². The third kappa shape index (κ3) is 6.25. The second-order valence-electron chi connectivity index (χ2n) is 8.49. The van der Waals surface area contributed by atoms with Crippen LogP contribution in [0.2, 0.25) is 0 Å². The molecular weight excluding hydrogens is 524 g/mol. The third-order valence-electron chi connectivity index (χ3n) is 5.91. The number of carbonyl (C=O) groups excluding carboxylic acids is 1. The molecule has 0 radical (unpaired) electrons. The van der Waals surface area contributed by atoms with Crippen molar-refractivity contribution < 1.29 is 24.1 Å². The van der Waals surface area contributed by atoms with Crippen LogP contribution < -0.4 is 14.8 Å². The van der Waals surface area contributed by atoms with Crippen LogP contribution in [-0.2, 0) is 22.5 Å². The highest BCUT2D eigenvalue weighted by molar-refractivity contribution is 9.10. The summed E-state index contributed by atoms with van der Waals surface area (Å²) in [5, 5.41) is 12.0. The Morgan fingerprint density at radius 1 is 1.08 bits per heavy atom. The van der Waals surface area contributed by atoms with Crippen LogP contribution in [0, 0.1) is 0 Å². The number of hydrogen-bond acceptors (Lipinski definition) is 6. The maximum atomic E-state index is 13.6. The van der Waals surface area contributed by atoms with Gasteiger partial charge in [0.1, 0.15) is 18.1 Å². The van der Waals surface area contributed by atoms with Crippen molar-refractivity contribution in [3.05, 3.63) is 94.0 Å². The number of aliphatic hydroxyl groups excluding tert-OH is 1. The van der Waals surface area contributed by atoms with Crippen LogP contribution in [0.5, 0.6) is 11.5 Å². The molecule has 3 aromatic rings. The van der Waals surface area contributed by atoms with Crippen LogP contribution in [0.3, 0.4) is 0 Å². The number of aliphatic imine (C=N–C) groups is 1. The number of amides is 1. The van der Waals surface area contributed by atoms with E-state index < -0.39 is 5.54 Å². The largest absolute Gasteiger partial charge is 0.497 e. The van der Waals surface area contributed by atoms with E-state index in [1.807, 2.05) is 72.8 Å². The summed E-state index contributed by atoms with van der Waals surface area (Å²) < 4.78 is 17.7. The van der Waals surface area contributed by atoms with E-state index in [0.717, 1.165) is 26.9 Å². The molecule has 0 spiro atoms. The molecule has 1 aliphatic heterocycles. The Bertz CT molecular complexity index is 1200. The molecule has 0 fully saturated rings. The minimum Gasteiger partial charge on any atom is -0.497 e. The Kier molecular flexibility index (Phi) is 8.61. The fourth-order valence-corrected chi connectivity index (χ4v) is 4.30. The first-order valence-electron chi connectivity index (χ1n) is 11.7. The number of carbonyl (C=O) groups is 1. The van der Waals surface area contributed by atoms with Gasteiger partial charge in [0.05, 0.1) is 13.7 Å². The van der Waals surface area contributed by atoms with Crippen molar-refractivity contribution >= 4 is 27.7 Å². The number of aliphatic hydroxyl groups is 1. The number of methoxy groups -OCH3 is 1. The van der Waals surface area contributed by atoms with Gasteiger partial charge in [0.25, 0.3) is 5.91 Å². The van der Waals surface area contributed by atoms with E-state index in [-0.39, 0.29) is 19.1 Å². The first-order chi connectivity index (χ1) is 17.5. The molecule has 4 rings (SSSR count). The zero-order chi connectivity index (χ0) is 25.4. The number of rotatable bonds is 11. The number of nitrogens with zero attached hydrogens (tertiary/aromatic N) is 1. The minimum atomic E-state index is -1.11. The van der Waals surface area contributed by atoms with E-state index in [1.54, 1.807) is 7.11 Å². The normalized spacial score (nSPS) is 16.7. The van der Waals surface area contributed by atoms with Gasteiger partial charge in [-0.15, -0.1) is 0 Å². The summed E-state index contributed by atoms with van der Waals surface area (Å²) in [5.41, 5.74) is 1.59. The van der Waals surface area contributed by atoms with Crippen molar-refractivity contribution in [2.45, 2.75) is 24.9 Å². The molecule has 0 saturated carbocycles. The van der Waals surface area contributed by atoms with E-state index >= 15 is 0 Å². The number of benzene rings is 3. The summed E-state index contributed by atoms with van der Waals surface area (Å²) >= 11 is 3.60. The molecule has 7 nitrogen and oxygen atoms in total. The quantitative estimate of drug-likeness (QED) is 0.346. The molecular formula is C28H29BrN2O5. The summed E-state index contributed by atoms with van der Waals surface area (Å²) in [6, 6.07) is 22.8. The third-order valence-corrected chi connectivity index (χ3v) is 6.68. The van der Waals surface area contributed by atoms with Gasteiger partial charge in [-0.1, -0.05) is 46.3 Å². The van der Waals surface area contributed by atoms with Crippen LogP contribution in [0.15, 0.2) is 82.3 Å². The van der Waals surface area contributed by atoms with Gasteiger partial charge in [0.2, 0.25) is 5.90 Å². The lowest BCUT2D eigenvalue weighted by Crippen LogP contribution is -2.48. The fraction of sp³-hybridized carbons (Fsp3) is 0.286. The van der Waals surface area contributed by atoms with Gasteiger partial charge >= 0.3 is 0 Å². The molecule has 3 aromatic carbocycles. The second kappa shape index (κ2) is 12.1. The summed E-state index contributed by atoms with van der Waals surface area (Å²) in [5.74, 6) is 1.68. The smallest absolute Gasteiger partial charge is 0.252 e. The average molecular weight is 553 g/mol. The van der Waals surface area contributed by atoms with Crippen molar-refractivity contribution in [3.8, 4) is 11.5 Å². The maximum Gasteiger partial charge on any atom is 0.252 e. The molecule has 0 bridgehead atoms. The van der Waals surface area contributed by atoms with Crippen LogP contribution in [0.25, 0.3) is 0 Å². The Labute approximate surface area is 219 Å². The monoisotopic (exact) mass is 552 g/mol. The molecule has 188 valence electrons. The molecule has 1 aliphatic rings. The Morgan fingerprint density at radius 2 is 1.81 bits per heavy atom. The molecule has 1 amide bonds. The number of ether oxygens (including phenoxy) is 3. The molecule has 2 N–H and O–H groups in total. The van der Waals surface area contributed by atoms with E-state index in [2.05, 4.69) is 21.2 Å². The van der Waals surface area contributed by atoms with Gasteiger partial charge in [-0.2, -0.15) is 0 Å². The molecule has 36 heavy (non-hydrogen) atoms. The van der Waals surface area contributed by atoms with Crippen LogP contribution in [-0.4, -0.2) is 49.4 Å². The number of nitrogens with one attached hydrogen (secondary N) is 1. The summed E-state index contributed by atoms with van der Waals surface area (Å²) in [6.45, 7) is 1.03. The lowest BCUT2D eigenvalue weighted by Gasteiger charge is -2.24. The van der Waals surface area contributed by atoms with Gasteiger partial charge in [0.15, 0.2) is 5.54 Å². The fourth-order valence-electron chi connectivity index (χ4n) is 3.88. The van der Waals surface area contributed by atoms with Gasteiger partial charge in [-0.25, -0.2) is 4.99 Å². The van der Waals surface area contributed by atoms with Crippen molar-refractivity contribution in [2.24, 2.45) is 4.99 Å². The van der Waals surface area contributed by atoms with Crippen molar-refractivity contribution in [1.29, 1.82) is 0 Å². The van der Waals surface area contributed by atoms with Gasteiger partial charge in [0, 0.05) is 36.0 Å². The molecule has 0 unspecified atom stereocenters. The van der Waals surface area contributed by atoms with Gasteiger partial charge in [-0.3, -0.25) is 4.79 Å². The summed E-state index contributed by atoms with van der Waals surface area (Å²) in [6.07, 6.45) is 0.954. The van der Waals surface area contributed by atoms with Crippen molar-refractivity contribution in [1.82, 2.24) is 5.32 Å². The van der Waals surface area contributed by atoms with Gasteiger partial charge < -0.3 is 24.6 Å². The van der Waals surface area contributed by atoms with Crippen LogP contribution >= 0.6 is 15.9 Å². The molecule has 0 aromatic heterocycles. The minimum absolute atomic E-state index is 0.0862. The van der Waals surface area contributed by atoms with Crippen LogP contribution in [0.1, 0.15) is 23.1 Å². The topological polar surface area (TPSA) is 89.4 Å².